The molecule has 0 bridgehead atoms. The molecular formula is C20H18N2. The van der Waals surface area contributed by atoms with Crippen molar-refractivity contribution in [2.75, 3.05) is 6.54 Å². The zero-order valence-corrected chi connectivity index (χ0v) is 12.3. The minimum atomic E-state index is 0.221. The van der Waals surface area contributed by atoms with Crippen LogP contribution in [-0.2, 0) is 0 Å². The molecule has 0 spiro atoms. The SMILES string of the molecule is C1=CCN(C(c2ccccc2)c2c[nH]c3ccccc23)C=C1. The van der Waals surface area contributed by atoms with Crippen molar-refractivity contribution in [2.45, 2.75) is 6.04 Å². The van der Waals surface area contributed by atoms with Crippen molar-refractivity contribution in [1.82, 2.24) is 9.88 Å². The lowest BCUT2D eigenvalue weighted by Gasteiger charge is -2.31. The standard InChI is InChI=1S/C20H18N2/c1-3-9-16(10-4-1)20(22-13-7-2-8-14-22)18-15-21-19-12-6-5-11-17(18)19/h1-13,15,20-21H,14H2. The fraction of sp³-hybridized carbons (Fsp3) is 0.100. The number of aromatic amines is 1. The molecule has 3 aromatic rings. The predicted molar refractivity (Wildman–Crippen MR) is 91.6 cm³/mol. The smallest absolute Gasteiger partial charge is 0.0814 e. The minimum Gasteiger partial charge on any atom is -0.363 e. The Labute approximate surface area is 130 Å². The molecule has 4 rings (SSSR count). The van der Waals surface area contributed by atoms with Gasteiger partial charge in [-0.2, -0.15) is 0 Å². The van der Waals surface area contributed by atoms with E-state index in [0.717, 1.165) is 6.54 Å². The lowest BCUT2D eigenvalue weighted by Crippen LogP contribution is -2.25. The molecule has 2 heterocycles. The number of nitrogens with zero attached hydrogens (tertiary/aromatic N) is 1. The van der Waals surface area contributed by atoms with Crippen LogP contribution >= 0.6 is 0 Å². The molecule has 0 amide bonds. The molecule has 0 saturated carbocycles. The van der Waals surface area contributed by atoms with Crippen molar-refractivity contribution in [2.24, 2.45) is 0 Å². The van der Waals surface area contributed by atoms with E-state index in [-0.39, 0.29) is 6.04 Å². The van der Waals surface area contributed by atoms with Crippen LogP contribution in [0.1, 0.15) is 17.2 Å². The highest BCUT2D eigenvalue weighted by Gasteiger charge is 2.22. The van der Waals surface area contributed by atoms with Gasteiger partial charge in [0, 0.05) is 35.4 Å². The van der Waals surface area contributed by atoms with Crippen molar-refractivity contribution >= 4 is 10.9 Å². The molecule has 0 radical (unpaired) electrons. The van der Waals surface area contributed by atoms with Crippen LogP contribution in [0.25, 0.3) is 10.9 Å². The summed E-state index contributed by atoms with van der Waals surface area (Å²) in [4.78, 5) is 5.79. The lowest BCUT2D eigenvalue weighted by molar-refractivity contribution is 0.348. The fourth-order valence-corrected chi connectivity index (χ4v) is 3.18. The summed E-state index contributed by atoms with van der Waals surface area (Å²) in [5, 5.41) is 1.29. The molecule has 2 nitrogen and oxygen atoms in total. The van der Waals surface area contributed by atoms with Gasteiger partial charge >= 0.3 is 0 Å². The van der Waals surface area contributed by atoms with Crippen LogP contribution < -0.4 is 0 Å². The molecule has 1 aromatic heterocycles. The van der Waals surface area contributed by atoms with Gasteiger partial charge in [0.15, 0.2) is 0 Å². The van der Waals surface area contributed by atoms with Crippen LogP contribution in [0.5, 0.6) is 0 Å². The van der Waals surface area contributed by atoms with E-state index in [9.17, 15) is 0 Å². The van der Waals surface area contributed by atoms with Crippen LogP contribution in [0.3, 0.4) is 0 Å². The molecule has 1 aliphatic rings. The van der Waals surface area contributed by atoms with Crippen molar-refractivity contribution in [3.05, 3.63) is 96.3 Å². The zero-order chi connectivity index (χ0) is 14.8. The van der Waals surface area contributed by atoms with E-state index in [4.69, 9.17) is 0 Å². The normalized spacial score (nSPS) is 15.4. The maximum absolute atomic E-state index is 3.41. The number of fused-ring (bicyclic) bond motifs is 1. The Kier molecular flexibility index (Phi) is 3.28. The second-order valence-corrected chi connectivity index (χ2v) is 5.57. The van der Waals surface area contributed by atoms with Crippen molar-refractivity contribution < 1.29 is 0 Å². The molecule has 0 fully saturated rings. The van der Waals surface area contributed by atoms with E-state index in [1.54, 1.807) is 0 Å². The quantitative estimate of drug-likeness (QED) is 0.743. The number of rotatable bonds is 3. The number of hydrogen-bond donors (Lipinski definition) is 1. The minimum absolute atomic E-state index is 0.221. The second kappa shape index (κ2) is 5.57. The summed E-state index contributed by atoms with van der Waals surface area (Å²) in [5.74, 6) is 0. The van der Waals surface area contributed by atoms with Gasteiger partial charge in [0.1, 0.15) is 0 Å². The molecule has 22 heavy (non-hydrogen) atoms. The molecule has 2 aromatic carbocycles. The Balaban J connectivity index is 1.87. The van der Waals surface area contributed by atoms with Gasteiger partial charge in [0.2, 0.25) is 0 Å². The summed E-state index contributed by atoms with van der Waals surface area (Å²) < 4.78 is 0. The van der Waals surface area contributed by atoms with E-state index in [1.807, 2.05) is 0 Å². The molecule has 1 unspecified atom stereocenters. The average molecular weight is 286 g/mol. The van der Waals surface area contributed by atoms with Crippen LogP contribution in [0, 0.1) is 0 Å². The first kappa shape index (κ1) is 13.0. The molecule has 0 aliphatic carbocycles. The van der Waals surface area contributed by atoms with Crippen LogP contribution in [-0.4, -0.2) is 16.4 Å². The first-order valence-electron chi connectivity index (χ1n) is 7.63. The van der Waals surface area contributed by atoms with Gasteiger partial charge < -0.3 is 9.88 Å². The summed E-state index contributed by atoms with van der Waals surface area (Å²) >= 11 is 0. The van der Waals surface area contributed by atoms with Gasteiger partial charge in [-0.1, -0.05) is 60.7 Å². The highest BCUT2D eigenvalue weighted by Crippen LogP contribution is 2.34. The average Bonchev–Trinajstić information content (AvgIpc) is 3.01. The summed E-state index contributed by atoms with van der Waals surface area (Å²) in [6.07, 6.45) is 10.7. The molecule has 1 aliphatic heterocycles. The maximum atomic E-state index is 3.41. The third kappa shape index (κ3) is 2.23. The summed E-state index contributed by atoms with van der Waals surface area (Å²) in [6.45, 7) is 0.926. The number of nitrogens with one attached hydrogen (secondary N) is 1. The summed E-state index contributed by atoms with van der Waals surface area (Å²) in [6, 6.07) is 19.4. The topological polar surface area (TPSA) is 19.0 Å². The van der Waals surface area contributed by atoms with Gasteiger partial charge in [-0.15, -0.1) is 0 Å². The van der Waals surface area contributed by atoms with E-state index in [1.165, 1.54) is 22.0 Å². The van der Waals surface area contributed by atoms with Gasteiger partial charge in [0.05, 0.1) is 6.04 Å². The van der Waals surface area contributed by atoms with Gasteiger partial charge in [0.25, 0.3) is 0 Å². The Morgan fingerprint density at radius 2 is 1.73 bits per heavy atom. The van der Waals surface area contributed by atoms with Gasteiger partial charge in [-0.3, -0.25) is 0 Å². The van der Waals surface area contributed by atoms with Crippen molar-refractivity contribution in [3.63, 3.8) is 0 Å². The first-order chi connectivity index (χ1) is 10.9. The number of para-hydroxylation sites is 1. The number of H-pyrrole nitrogens is 1. The number of allylic oxidation sites excluding steroid dienone is 2. The fourth-order valence-electron chi connectivity index (χ4n) is 3.18. The van der Waals surface area contributed by atoms with Crippen LogP contribution in [0.4, 0.5) is 0 Å². The van der Waals surface area contributed by atoms with Gasteiger partial charge in [-0.25, -0.2) is 0 Å². The molecular weight excluding hydrogens is 268 g/mol. The zero-order valence-electron chi connectivity index (χ0n) is 12.3. The third-order valence-corrected chi connectivity index (χ3v) is 4.20. The Hall–Kier alpha value is -2.74. The lowest BCUT2D eigenvalue weighted by atomic mass is 9.96. The third-order valence-electron chi connectivity index (χ3n) is 4.20. The highest BCUT2D eigenvalue weighted by atomic mass is 15.1. The van der Waals surface area contributed by atoms with E-state index >= 15 is 0 Å². The summed E-state index contributed by atoms with van der Waals surface area (Å²) in [5.41, 5.74) is 3.82. The molecule has 1 N–H and O–H groups in total. The van der Waals surface area contributed by atoms with Crippen molar-refractivity contribution in [3.8, 4) is 0 Å². The first-order valence-corrected chi connectivity index (χ1v) is 7.63. The highest BCUT2D eigenvalue weighted by molar-refractivity contribution is 5.84. The molecule has 2 heteroatoms. The largest absolute Gasteiger partial charge is 0.363 e. The number of aromatic nitrogens is 1. The number of benzene rings is 2. The van der Waals surface area contributed by atoms with E-state index in [2.05, 4.69) is 95.1 Å². The van der Waals surface area contributed by atoms with Crippen LogP contribution in [0.15, 0.2) is 85.2 Å². The van der Waals surface area contributed by atoms with E-state index in [0.29, 0.717) is 0 Å². The van der Waals surface area contributed by atoms with Gasteiger partial charge in [-0.05, 0) is 17.7 Å². The van der Waals surface area contributed by atoms with Crippen LogP contribution in [0.2, 0.25) is 0 Å². The van der Waals surface area contributed by atoms with E-state index < -0.39 is 0 Å². The number of hydrogen-bond acceptors (Lipinski definition) is 1. The Morgan fingerprint density at radius 3 is 2.55 bits per heavy atom. The Morgan fingerprint density at radius 1 is 0.909 bits per heavy atom. The molecule has 0 saturated heterocycles. The molecule has 108 valence electrons. The summed E-state index contributed by atoms with van der Waals surface area (Å²) in [7, 11) is 0. The second-order valence-electron chi connectivity index (χ2n) is 5.57. The monoisotopic (exact) mass is 286 g/mol. The van der Waals surface area contributed by atoms with Crippen molar-refractivity contribution in [1.29, 1.82) is 0 Å². The maximum Gasteiger partial charge on any atom is 0.0814 e. The Bertz CT molecular complexity index is 827. The predicted octanol–water partition coefficient (Wildman–Crippen LogP) is 4.64. The molecule has 1 atom stereocenters.